The van der Waals surface area contributed by atoms with Crippen LogP contribution < -0.4 is 37.9 Å². The lowest BCUT2D eigenvalue weighted by Crippen LogP contribution is -2.44. The summed E-state index contributed by atoms with van der Waals surface area (Å²) >= 11 is 6.11. The largest absolute Gasteiger partial charge is 0.393 e. The number of carbonyl (C=O) groups is 1. The summed E-state index contributed by atoms with van der Waals surface area (Å²) in [4.78, 5) is 27.5. The number of carbonyl (C=O) groups excluding carboxylic acids is 1. The zero-order chi connectivity index (χ0) is 27.1. The Morgan fingerprint density at radius 1 is 1.18 bits per heavy atom. The van der Waals surface area contributed by atoms with Gasteiger partial charge < -0.3 is 36.6 Å². The highest BCUT2D eigenvalue weighted by atomic mass is 35.5. The smallest absolute Gasteiger partial charge is 0.268 e. The Hall–Kier alpha value is -3.36. The molecular weight excluding hydrogens is 510 g/mol. The van der Waals surface area contributed by atoms with E-state index < -0.39 is 0 Å². The molecule has 1 aromatic heterocycles. The number of aromatic nitrogens is 2. The van der Waals surface area contributed by atoms with E-state index in [1.54, 1.807) is 0 Å². The first kappa shape index (κ1) is 27.7. The monoisotopic (exact) mass is 545 g/mol. The summed E-state index contributed by atoms with van der Waals surface area (Å²) in [7, 11) is 2.10. The molecule has 206 valence electrons. The van der Waals surface area contributed by atoms with Crippen LogP contribution in [-0.2, 0) is 9.53 Å². The molecule has 38 heavy (non-hydrogen) atoms. The number of amides is 1. The van der Waals surface area contributed by atoms with Crippen LogP contribution >= 0.6 is 11.6 Å². The third-order valence-electron chi connectivity index (χ3n) is 6.57. The van der Waals surface area contributed by atoms with Gasteiger partial charge in [0.1, 0.15) is 17.7 Å². The Morgan fingerprint density at radius 3 is 2.66 bits per heavy atom. The van der Waals surface area contributed by atoms with Crippen LogP contribution in [0, 0.1) is 0 Å². The number of anilines is 5. The van der Waals surface area contributed by atoms with Gasteiger partial charge in [0.2, 0.25) is 0 Å². The van der Waals surface area contributed by atoms with Crippen molar-refractivity contribution in [3.63, 3.8) is 0 Å². The minimum atomic E-state index is -0.385. The van der Waals surface area contributed by atoms with E-state index in [4.69, 9.17) is 33.6 Å². The summed E-state index contributed by atoms with van der Waals surface area (Å²) in [6.07, 6.45) is 2.74. The molecule has 0 aliphatic carbocycles. The van der Waals surface area contributed by atoms with E-state index in [1.165, 1.54) is 17.5 Å². The fourth-order valence-electron chi connectivity index (χ4n) is 4.25. The highest BCUT2D eigenvalue weighted by molar-refractivity contribution is 6.32. The highest BCUT2D eigenvalue weighted by Gasteiger charge is 2.20. The van der Waals surface area contributed by atoms with Crippen molar-refractivity contribution in [3.05, 3.63) is 41.6 Å². The van der Waals surface area contributed by atoms with E-state index in [1.807, 2.05) is 18.2 Å². The average Bonchev–Trinajstić information content (AvgIpc) is 2.92. The molecule has 2 aromatic rings. The van der Waals surface area contributed by atoms with Gasteiger partial charge in [-0.3, -0.25) is 14.7 Å². The second-order valence-electron chi connectivity index (χ2n) is 9.25. The zero-order valence-electron chi connectivity index (χ0n) is 21.6. The molecule has 0 bridgehead atoms. The summed E-state index contributed by atoms with van der Waals surface area (Å²) in [5.74, 6) is 6.30. The van der Waals surface area contributed by atoms with Crippen LogP contribution in [-0.4, -0.2) is 98.3 Å². The third kappa shape index (κ3) is 7.14. The van der Waals surface area contributed by atoms with Crippen molar-refractivity contribution in [2.24, 2.45) is 11.6 Å². The number of hydrazine groups is 1. The number of rotatable bonds is 9. The molecule has 2 aliphatic heterocycles. The van der Waals surface area contributed by atoms with Crippen molar-refractivity contribution in [1.29, 1.82) is 0 Å². The first-order chi connectivity index (χ1) is 18.3. The molecule has 0 atom stereocenters. The Morgan fingerprint density at radius 2 is 1.92 bits per heavy atom. The summed E-state index contributed by atoms with van der Waals surface area (Å²) < 4.78 is 5.34. The Balaban J connectivity index is 1.49. The normalized spacial score (nSPS) is 17.3. The number of nitrogen functional groups attached to an aromatic ring is 1. The number of nitrogens with zero attached hydrogens (tertiary/aromatic N) is 6. The summed E-state index contributed by atoms with van der Waals surface area (Å²) in [5, 5.41) is 7.59. The van der Waals surface area contributed by atoms with Crippen LogP contribution in [0.4, 0.5) is 28.6 Å². The lowest BCUT2D eigenvalue weighted by Gasteiger charge is -2.35. The molecule has 0 radical (unpaired) electrons. The maximum Gasteiger partial charge on any atom is 0.268 e. The minimum Gasteiger partial charge on any atom is -0.393 e. The topological polar surface area (TPSA) is 167 Å². The number of piperazine rings is 1. The van der Waals surface area contributed by atoms with E-state index in [2.05, 4.69) is 42.3 Å². The van der Waals surface area contributed by atoms with Gasteiger partial charge in [-0.1, -0.05) is 11.6 Å². The number of hydrogen-bond donors (Lipinski definition) is 5. The average molecular weight is 546 g/mol. The molecule has 2 fully saturated rings. The van der Waals surface area contributed by atoms with Gasteiger partial charge in [-0.25, -0.2) is 15.8 Å². The highest BCUT2D eigenvalue weighted by Crippen LogP contribution is 2.35. The first-order valence-corrected chi connectivity index (χ1v) is 12.9. The fraction of sp³-hybridized carbons (Fsp3) is 0.458. The van der Waals surface area contributed by atoms with Gasteiger partial charge in [0.05, 0.1) is 30.3 Å². The molecule has 0 saturated carbocycles. The first-order valence-electron chi connectivity index (χ1n) is 12.5. The zero-order valence-corrected chi connectivity index (χ0v) is 22.3. The van der Waals surface area contributed by atoms with Crippen LogP contribution in [0.3, 0.4) is 0 Å². The predicted molar refractivity (Wildman–Crippen MR) is 150 cm³/mol. The van der Waals surface area contributed by atoms with Crippen molar-refractivity contribution in [2.45, 2.75) is 0 Å². The van der Waals surface area contributed by atoms with Crippen LogP contribution in [0.15, 0.2) is 36.4 Å². The Bertz CT molecular complexity index is 1130. The van der Waals surface area contributed by atoms with Crippen molar-refractivity contribution in [2.75, 3.05) is 93.6 Å². The molecule has 14 heteroatoms. The maximum absolute atomic E-state index is 12.5. The van der Waals surface area contributed by atoms with Crippen LogP contribution in [0.25, 0.3) is 0 Å². The van der Waals surface area contributed by atoms with E-state index in [0.29, 0.717) is 31.3 Å². The number of ether oxygens (including phenoxy) is 1. The summed E-state index contributed by atoms with van der Waals surface area (Å²) in [6, 6.07) is 5.69. The molecule has 0 spiro atoms. The molecule has 2 aliphatic rings. The predicted octanol–water partition coefficient (Wildman–Crippen LogP) is 0.136. The van der Waals surface area contributed by atoms with Gasteiger partial charge >= 0.3 is 0 Å². The van der Waals surface area contributed by atoms with Crippen molar-refractivity contribution in [1.82, 2.24) is 25.1 Å². The number of benzene rings is 1. The molecule has 1 aromatic carbocycles. The van der Waals surface area contributed by atoms with Gasteiger partial charge in [-0.15, -0.1) is 0 Å². The van der Waals surface area contributed by atoms with E-state index >= 15 is 0 Å². The van der Waals surface area contributed by atoms with Gasteiger partial charge in [0.15, 0.2) is 11.0 Å². The third-order valence-corrected chi connectivity index (χ3v) is 6.87. The standard InChI is InChI=1S/C24H36ClN11O2/c1-33-6-8-35(9-7-33)20-3-2-17(14-19(20)32-23-21(27)22(25)30-16-31-23)36(28)15-18(26)24(37)29-4-5-34-10-12-38-13-11-34/h2-3,14-16H,4-13,26-28H2,1H3,(H,29,37)(H,30,31,32)/b18-15-. The second kappa shape index (κ2) is 12.9. The quantitative estimate of drug-likeness (QED) is 0.125. The molecule has 4 rings (SSSR count). The summed E-state index contributed by atoms with van der Waals surface area (Å²) in [6.45, 7) is 7.91. The van der Waals surface area contributed by atoms with Crippen LogP contribution in [0.2, 0.25) is 5.15 Å². The number of nitrogens with one attached hydrogen (secondary N) is 2. The number of nitrogens with two attached hydrogens (primary N) is 3. The van der Waals surface area contributed by atoms with Gasteiger partial charge in [-0.05, 0) is 25.2 Å². The Labute approximate surface area is 227 Å². The maximum atomic E-state index is 12.5. The minimum absolute atomic E-state index is 0.000965. The van der Waals surface area contributed by atoms with Crippen LogP contribution in [0.5, 0.6) is 0 Å². The molecule has 3 heterocycles. The SMILES string of the molecule is CN1CCN(c2ccc(N(N)/C=C(\N)C(=O)NCCN3CCOCC3)cc2Nc2ncnc(Cl)c2N)CC1. The Kier molecular flexibility index (Phi) is 9.42. The lowest BCUT2D eigenvalue weighted by molar-refractivity contribution is -0.117. The van der Waals surface area contributed by atoms with Gasteiger partial charge in [-0.2, -0.15) is 0 Å². The van der Waals surface area contributed by atoms with E-state index in [9.17, 15) is 4.79 Å². The lowest BCUT2D eigenvalue weighted by atomic mass is 10.2. The van der Waals surface area contributed by atoms with Gasteiger partial charge in [0, 0.05) is 58.6 Å². The molecule has 2 saturated heterocycles. The van der Waals surface area contributed by atoms with Crippen molar-refractivity contribution < 1.29 is 9.53 Å². The van der Waals surface area contributed by atoms with Crippen molar-refractivity contribution in [3.8, 4) is 0 Å². The fourth-order valence-corrected chi connectivity index (χ4v) is 4.38. The number of likely N-dealkylation sites (N-methyl/N-ethyl adjacent to an activating group) is 1. The molecule has 13 nitrogen and oxygen atoms in total. The summed E-state index contributed by atoms with van der Waals surface area (Å²) in [5.41, 5.74) is 14.7. The molecule has 0 unspecified atom stereocenters. The van der Waals surface area contributed by atoms with Gasteiger partial charge in [0.25, 0.3) is 5.91 Å². The molecule has 8 N–H and O–H groups in total. The second-order valence-corrected chi connectivity index (χ2v) is 9.60. The van der Waals surface area contributed by atoms with Crippen LogP contribution in [0.1, 0.15) is 0 Å². The number of hydrogen-bond acceptors (Lipinski definition) is 12. The number of halogens is 1. The van der Waals surface area contributed by atoms with E-state index in [-0.39, 0.29) is 22.4 Å². The molecular formula is C24H36ClN11O2. The molecule has 1 amide bonds. The number of morpholine rings is 1. The van der Waals surface area contributed by atoms with Crippen molar-refractivity contribution >= 4 is 46.1 Å². The van der Waals surface area contributed by atoms with E-state index in [0.717, 1.165) is 57.2 Å².